The van der Waals surface area contributed by atoms with Gasteiger partial charge >= 0.3 is 6.18 Å². The van der Waals surface area contributed by atoms with Crippen LogP contribution in [0.2, 0.25) is 0 Å². The molecule has 2 aromatic carbocycles. The molecule has 3 aliphatic carbocycles. The van der Waals surface area contributed by atoms with E-state index in [0.717, 1.165) is 41.3 Å². The maximum Gasteiger partial charge on any atom is 0.433 e. The molecule has 2 aliphatic heterocycles. The lowest BCUT2D eigenvalue weighted by Crippen LogP contribution is -2.50. The Bertz CT molecular complexity index is 2340. The molecule has 2 atom stereocenters. The number of fused-ring (bicyclic) bond motifs is 8. The van der Waals surface area contributed by atoms with Crippen molar-refractivity contribution in [3.05, 3.63) is 128 Å². The molecule has 0 saturated heterocycles. The molecule has 2 N–H and O–H groups in total. The number of carbonyl (C=O) groups excluding carboxylic acids is 2. The van der Waals surface area contributed by atoms with E-state index in [9.17, 15) is 28.0 Å². The molecule has 4 aromatic rings. The minimum Gasteiger partial charge on any atom is -0.373 e. The third kappa shape index (κ3) is 4.39. The Labute approximate surface area is 291 Å². The van der Waals surface area contributed by atoms with E-state index >= 15 is 0 Å². The van der Waals surface area contributed by atoms with Crippen LogP contribution in [0.15, 0.2) is 76.8 Å². The number of hydrogen-bond donors (Lipinski definition) is 2. The molecule has 9 nitrogen and oxygen atoms in total. The molecule has 2 unspecified atom stereocenters. The molecule has 9 rings (SSSR count). The summed E-state index contributed by atoms with van der Waals surface area (Å²) in [4.78, 5) is 41.2. The van der Waals surface area contributed by atoms with Gasteiger partial charge in [0.15, 0.2) is 11.9 Å². The highest BCUT2D eigenvalue weighted by Crippen LogP contribution is 2.51. The standard InChI is InChI=1S/C39H30F3N7O2/c1-44-33-25-10-9-22(21-7-8-21)18-29(25)37(35(50)47-33)16-14-30-28(37)6-3-17-49(30)20-45-34-26-11-12-31(39(40,41)42)46-32(26)38(36(51)48-34)15-13-24-23(19-43)4-2-5-27(24)38/h2-6,9-12,17-18,21H,7-8,13-16,20H2,1H3,(H-,44,45,47,48,50,51)/p+1. The molecule has 2 amide bonds. The second-order valence-corrected chi connectivity index (χ2v) is 13.9. The number of halogens is 3. The maximum absolute atomic E-state index is 14.1. The van der Waals surface area contributed by atoms with Crippen molar-refractivity contribution >= 4 is 23.5 Å². The van der Waals surface area contributed by atoms with E-state index in [0.29, 0.717) is 53.3 Å². The van der Waals surface area contributed by atoms with Gasteiger partial charge in [-0.3, -0.25) is 9.59 Å². The van der Waals surface area contributed by atoms with Crippen LogP contribution >= 0.6 is 0 Å². The van der Waals surface area contributed by atoms with E-state index in [1.165, 1.54) is 11.6 Å². The predicted octanol–water partition coefficient (Wildman–Crippen LogP) is 4.64. The zero-order chi connectivity index (χ0) is 35.3. The molecular weight excluding hydrogens is 655 g/mol. The largest absolute Gasteiger partial charge is 0.433 e. The van der Waals surface area contributed by atoms with Crippen molar-refractivity contribution in [2.45, 2.75) is 68.1 Å². The van der Waals surface area contributed by atoms with Crippen LogP contribution in [0.4, 0.5) is 13.2 Å². The first-order valence-corrected chi connectivity index (χ1v) is 17.1. The van der Waals surface area contributed by atoms with Crippen LogP contribution in [0.1, 0.15) is 93.2 Å². The van der Waals surface area contributed by atoms with Crippen molar-refractivity contribution in [1.82, 2.24) is 15.6 Å². The number of nitriles is 1. The van der Waals surface area contributed by atoms with Crippen LogP contribution in [0, 0.1) is 11.3 Å². The summed E-state index contributed by atoms with van der Waals surface area (Å²) in [6.45, 7) is 0.127. The minimum absolute atomic E-state index is 0.0232. The van der Waals surface area contributed by atoms with Gasteiger partial charge in [-0.05, 0) is 84.5 Å². The van der Waals surface area contributed by atoms with Crippen LogP contribution in [-0.4, -0.2) is 35.5 Å². The molecule has 1 fully saturated rings. The third-order valence-electron chi connectivity index (χ3n) is 11.4. The van der Waals surface area contributed by atoms with E-state index in [1.807, 2.05) is 22.9 Å². The predicted molar refractivity (Wildman–Crippen MR) is 179 cm³/mol. The first kappa shape index (κ1) is 31.3. The molecule has 0 radical (unpaired) electrons. The number of benzene rings is 2. The highest BCUT2D eigenvalue weighted by molar-refractivity contribution is 6.15. The van der Waals surface area contributed by atoms with Gasteiger partial charge in [-0.2, -0.15) is 33.0 Å². The Morgan fingerprint density at radius 3 is 2.41 bits per heavy atom. The zero-order valence-corrected chi connectivity index (χ0v) is 27.6. The first-order chi connectivity index (χ1) is 24.6. The summed E-state index contributed by atoms with van der Waals surface area (Å²) in [6.07, 6.45) is 0.997. The van der Waals surface area contributed by atoms with Crippen LogP contribution in [0.3, 0.4) is 0 Å². The second-order valence-electron chi connectivity index (χ2n) is 13.9. The topological polar surface area (TPSA) is 123 Å². The quantitative estimate of drug-likeness (QED) is 0.303. The molecule has 51 heavy (non-hydrogen) atoms. The Morgan fingerprint density at radius 1 is 0.902 bits per heavy atom. The van der Waals surface area contributed by atoms with Crippen molar-refractivity contribution in [2.75, 3.05) is 7.05 Å². The van der Waals surface area contributed by atoms with E-state index in [4.69, 9.17) is 0 Å². The number of rotatable bonds is 3. The fourth-order valence-electron chi connectivity index (χ4n) is 8.76. The molecule has 2 spiro atoms. The number of pyridine rings is 2. The van der Waals surface area contributed by atoms with Crippen LogP contribution < -0.4 is 15.2 Å². The molecule has 5 aliphatic rings. The SMILES string of the molecule is CNC1=NC(=O)C2(CCc3c2ccc[n+]3CNC2=NC(=O)C3(CCc4c(C#N)cccc43)c3nc(C(F)(F)F)ccc32)c2cc(C3CC3)ccc21. The second kappa shape index (κ2) is 10.9. The fourth-order valence-corrected chi connectivity index (χ4v) is 8.76. The fraction of sp³-hybridized carbons (Fsp3) is 0.308. The number of nitrogens with one attached hydrogen (secondary N) is 2. The summed E-state index contributed by atoms with van der Waals surface area (Å²) in [7, 11) is 1.76. The smallest absolute Gasteiger partial charge is 0.373 e. The number of amides is 2. The van der Waals surface area contributed by atoms with Crippen molar-refractivity contribution < 1.29 is 27.3 Å². The van der Waals surface area contributed by atoms with Gasteiger partial charge in [-0.15, -0.1) is 0 Å². The van der Waals surface area contributed by atoms with Gasteiger partial charge in [-0.1, -0.05) is 30.3 Å². The highest BCUT2D eigenvalue weighted by atomic mass is 19.4. The van der Waals surface area contributed by atoms with Gasteiger partial charge in [0.25, 0.3) is 11.8 Å². The van der Waals surface area contributed by atoms with Crippen LogP contribution in [-0.2, 0) is 46.1 Å². The monoisotopic (exact) mass is 686 g/mol. The summed E-state index contributed by atoms with van der Waals surface area (Å²) in [5.41, 5.74) is 3.00. The van der Waals surface area contributed by atoms with Gasteiger partial charge < -0.3 is 10.6 Å². The van der Waals surface area contributed by atoms with E-state index in [1.54, 1.807) is 25.2 Å². The number of aromatic nitrogens is 2. The Balaban J connectivity index is 1.11. The maximum atomic E-state index is 14.1. The number of alkyl halides is 3. The summed E-state index contributed by atoms with van der Waals surface area (Å²) in [5, 5.41) is 16.1. The third-order valence-corrected chi connectivity index (χ3v) is 11.4. The average Bonchev–Trinajstić information content (AvgIpc) is 3.80. The van der Waals surface area contributed by atoms with Gasteiger partial charge in [0.1, 0.15) is 28.2 Å². The summed E-state index contributed by atoms with van der Waals surface area (Å²) < 4.78 is 44.1. The molecule has 12 heteroatoms. The number of aliphatic imine (C=N–C) groups is 2. The van der Waals surface area contributed by atoms with Gasteiger partial charge in [0, 0.05) is 36.2 Å². The van der Waals surface area contributed by atoms with E-state index in [2.05, 4.69) is 49.9 Å². The first-order valence-electron chi connectivity index (χ1n) is 17.1. The molecule has 2 aromatic heterocycles. The van der Waals surface area contributed by atoms with E-state index < -0.39 is 28.6 Å². The van der Waals surface area contributed by atoms with Crippen LogP contribution in [0.5, 0.6) is 0 Å². The van der Waals surface area contributed by atoms with Crippen molar-refractivity contribution in [3.8, 4) is 6.07 Å². The molecular formula is C39H31F3N7O2+. The summed E-state index contributed by atoms with van der Waals surface area (Å²) >= 11 is 0. The van der Waals surface area contributed by atoms with Gasteiger partial charge in [0.05, 0.1) is 17.3 Å². The number of amidine groups is 2. The Morgan fingerprint density at radius 2 is 1.65 bits per heavy atom. The van der Waals surface area contributed by atoms with Gasteiger partial charge in [-0.25, -0.2) is 4.98 Å². The Kier molecular flexibility index (Phi) is 6.69. The van der Waals surface area contributed by atoms with Crippen molar-refractivity contribution in [1.29, 1.82) is 5.26 Å². The molecule has 4 heterocycles. The lowest BCUT2D eigenvalue weighted by Gasteiger charge is -2.33. The molecule has 1 saturated carbocycles. The normalized spacial score (nSPS) is 22.9. The number of hydrogen-bond acceptors (Lipinski definition) is 6. The van der Waals surface area contributed by atoms with Gasteiger partial charge in [0.2, 0.25) is 6.67 Å². The minimum atomic E-state index is -4.74. The lowest BCUT2D eigenvalue weighted by atomic mass is 9.71. The highest BCUT2D eigenvalue weighted by Gasteiger charge is 2.55. The molecule has 0 bridgehead atoms. The average molecular weight is 687 g/mol. The number of nitrogens with zero attached hydrogens (tertiary/aromatic N) is 5. The van der Waals surface area contributed by atoms with Crippen molar-refractivity contribution in [2.24, 2.45) is 9.98 Å². The lowest BCUT2D eigenvalue weighted by molar-refractivity contribution is -0.706. The molecule has 254 valence electrons. The number of carbonyl (C=O) groups is 2. The zero-order valence-electron chi connectivity index (χ0n) is 27.6. The van der Waals surface area contributed by atoms with Crippen LogP contribution in [0.25, 0.3) is 0 Å². The Hall–Kier alpha value is -5.70. The summed E-state index contributed by atoms with van der Waals surface area (Å²) in [5.74, 6) is 0.310. The van der Waals surface area contributed by atoms with Crippen molar-refractivity contribution in [3.63, 3.8) is 0 Å². The van der Waals surface area contributed by atoms with E-state index in [-0.39, 0.29) is 30.5 Å². The summed E-state index contributed by atoms with van der Waals surface area (Å²) in [6, 6.07) is 19.5.